The van der Waals surface area contributed by atoms with Gasteiger partial charge in [0.05, 0.1) is 23.0 Å². The Morgan fingerprint density at radius 3 is 2.46 bits per heavy atom. The summed E-state index contributed by atoms with van der Waals surface area (Å²) in [6, 6.07) is 11.4. The molecule has 28 heavy (non-hydrogen) atoms. The Morgan fingerprint density at radius 2 is 1.75 bits per heavy atom. The van der Waals surface area contributed by atoms with Gasteiger partial charge in [-0.2, -0.15) is 18.3 Å². The van der Waals surface area contributed by atoms with Crippen molar-refractivity contribution in [2.75, 3.05) is 0 Å². The fourth-order valence-electron chi connectivity index (χ4n) is 2.88. The zero-order valence-corrected chi connectivity index (χ0v) is 14.1. The van der Waals surface area contributed by atoms with Crippen molar-refractivity contribution in [1.29, 1.82) is 0 Å². The van der Waals surface area contributed by atoms with Crippen molar-refractivity contribution < 1.29 is 22.4 Å². The first-order valence-corrected chi connectivity index (χ1v) is 8.15. The highest BCUT2D eigenvalue weighted by atomic mass is 19.4. The van der Waals surface area contributed by atoms with Crippen LogP contribution in [0.1, 0.15) is 21.5 Å². The summed E-state index contributed by atoms with van der Waals surface area (Å²) in [4.78, 5) is 16.8. The van der Waals surface area contributed by atoms with Crippen LogP contribution in [0.25, 0.3) is 16.9 Å². The molecule has 0 atom stereocenters. The molecule has 2 heterocycles. The standard InChI is InChI=1S/C20H11F4N3O/c21-15-6-4-12(5-7-15)18(28)16-11-26-27-17(8-9-25-19(16)27)13-2-1-3-14(10-13)20(22,23)24/h1-11H. The third kappa shape index (κ3) is 3.13. The Bertz CT molecular complexity index is 1180. The molecule has 4 aromatic rings. The lowest BCUT2D eigenvalue weighted by Gasteiger charge is -2.10. The van der Waals surface area contributed by atoms with Crippen LogP contribution in [0.3, 0.4) is 0 Å². The van der Waals surface area contributed by atoms with E-state index in [1.165, 1.54) is 59.4 Å². The number of carbonyl (C=O) groups is 1. The van der Waals surface area contributed by atoms with Crippen LogP contribution in [0, 0.1) is 5.82 Å². The van der Waals surface area contributed by atoms with Gasteiger partial charge in [-0.3, -0.25) is 4.79 Å². The molecule has 140 valence electrons. The van der Waals surface area contributed by atoms with E-state index in [1.54, 1.807) is 0 Å². The van der Waals surface area contributed by atoms with Gasteiger partial charge >= 0.3 is 6.18 Å². The zero-order valence-electron chi connectivity index (χ0n) is 14.1. The van der Waals surface area contributed by atoms with Gasteiger partial charge in [-0.25, -0.2) is 13.9 Å². The summed E-state index contributed by atoms with van der Waals surface area (Å²) in [5.74, 6) is -0.884. The van der Waals surface area contributed by atoms with E-state index in [0.29, 0.717) is 5.69 Å². The van der Waals surface area contributed by atoms with E-state index in [9.17, 15) is 22.4 Å². The van der Waals surface area contributed by atoms with Crippen molar-refractivity contribution in [3.63, 3.8) is 0 Å². The molecular formula is C20H11F4N3O. The van der Waals surface area contributed by atoms with Crippen LogP contribution < -0.4 is 0 Å². The van der Waals surface area contributed by atoms with E-state index < -0.39 is 23.3 Å². The molecule has 0 bridgehead atoms. The summed E-state index contributed by atoms with van der Waals surface area (Å²) in [6.07, 6.45) is -1.78. The quantitative estimate of drug-likeness (QED) is 0.377. The number of halogens is 4. The van der Waals surface area contributed by atoms with E-state index >= 15 is 0 Å². The molecule has 0 fully saturated rings. The molecule has 2 aromatic heterocycles. The average molecular weight is 385 g/mol. The summed E-state index contributed by atoms with van der Waals surface area (Å²) in [5.41, 5.74) is 0.470. The number of hydrogen-bond donors (Lipinski definition) is 0. The average Bonchev–Trinajstić information content (AvgIpc) is 3.11. The Morgan fingerprint density at radius 1 is 1.00 bits per heavy atom. The van der Waals surface area contributed by atoms with Crippen molar-refractivity contribution in [3.8, 4) is 11.3 Å². The Balaban J connectivity index is 1.82. The summed E-state index contributed by atoms with van der Waals surface area (Å²) in [7, 11) is 0. The maximum absolute atomic E-state index is 13.1. The number of alkyl halides is 3. The molecule has 0 N–H and O–H groups in total. The second-order valence-electron chi connectivity index (χ2n) is 6.04. The Hall–Kier alpha value is -3.55. The number of carbonyl (C=O) groups excluding carboxylic acids is 1. The van der Waals surface area contributed by atoms with Crippen molar-refractivity contribution in [1.82, 2.24) is 14.6 Å². The van der Waals surface area contributed by atoms with Gasteiger partial charge in [-0.15, -0.1) is 0 Å². The first kappa shape index (κ1) is 17.8. The number of hydrogen-bond acceptors (Lipinski definition) is 3. The number of rotatable bonds is 3. The molecule has 8 heteroatoms. The predicted octanol–water partition coefficient (Wildman–Crippen LogP) is 4.79. The summed E-state index contributed by atoms with van der Waals surface area (Å²) < 4.78 is 53.4. The molecule has 0 saturated heterocycles. The van der Waals surface area contributed by atoms with Crippen LogP contribution in [0.5, 0.6) is 0 Å². The third-order valence-corrected chi connectivity index (χ3v) is 4.24. The molecule has 0 radical (unpaired) electrons. The first-order chi connectivity index (χ1) is 13.3. The SMILES string of the molecule is O=C(c1ccc(F)cc1)c1cnn2c(-c3cccc(C(F)(F)F)c3)ccnc12. The minimum Gasteiger partial charge on any atom is -0.288 e. The Labute approximate surface area is 156 Å². The normalized spacial score (nSPS) is 11.7. The van der Waals surface area contributed by atoms with Crippen LogP contribution in [-0.2, 0) is 6.18 Å². The molecule has 0 spiro atoms. The van der Waals surface area contributed by atoms with Gasteiger partial charge in [-0.1, -0.05) is 12.1 Å². The number of fused-ring (bicyclic) bond motifs is 1. The second-order valence-corrected chi connectivity index (χ2v) is 6.04. The van der Waals surface area contributed by atoms with Crippen LogP contribution >= 0.6 is 0 Å². The molecular weight excluding hydrogens is 374 g/mol. The number of nitrogens with zero attached hydrogens (tertiary/aromatic N) is 3. The highest BCUT2D eigenvalue weighted by Gasteiger charge is 2.30. The van der Waals surface area contributed by atoms with Gasteiger partial charge in [0.25, 0.3) is 0 Å². The molecule has 4 rings (SSSR count). The second kappa shape index (κ2) is 6.56. The number of ketones is 1. The monoisotopic (exact) mass is 385 g/mol. The van der Waals surface area contributed by atoms with Gasteiger partial charge < -0.3 is 0 Å². The number of benzene rings is 2. The predicted molar refractivity (Wildman–Crippen MR) is 93.3 cm³/mol. The van der Waals surface area contributed by atoms with Crippen LogP contribution in [0.2, 0.25) is 0 Å². The molecule has 0 saturated carbocycles. The smallest absolute Gasteiger partial charge is 0.288 e. The topological polar surface area (TPSA) is 47.3 Å². The first-order valence-electron chi connectivity index (χ1n) is 8.15. The van der Waals surface area contributed by atoms with E-state index in [0.717, 1.165) is 12.1 Å². The summed E-state index contributed by atoms with van der Waals surface area (Å²) in [5, 5.41) is 4.13. The van der Waals surface area contributed by atoms with E-state index in [-0.39, 0.29) is 22.3 Å². The molecule has 0 unspecified atom stereocenters. The highest BCUT2D eigenvalue weighted by molar-refractivity contribution is 6.12. The fraction of sp³-hybridized carbons (Fsp3) is 0.0500. The van der Waals surface area contributed by atoms with Gasteiger partial charge in [0.15, 0.2) is 11.4 Å². The minimum atomic E-state index is -4.48. The Kier molecular flexibility index (Phi) is 4.18. The molecule has 0 aliphatic rings. The molecule has 4 nitrogen and oxygen atoms in total. The largest absolute Gasteiger partial charge is 0.416 e. The lowest BCUT2D eigenvalue weighted by Crippen LogP contribution is -2.05. The van der Waals surface area contributed by atoms with E-state index in [2.05, 4.69) is 10.1 Å². The highest BCUT2D eigenvalue weighted by Crippen LogP contribution is 2.32. The maximum atomic E-state index is 13.1. The summed E-state index contributed by atoms with van der Waals surface area (Å²) >= 11 is 0. The van der Waals surface area contributed by atoms with Gasteiger partial charge in [0, 0.05) is 17.3 Å². The van der Waals surface area contributed by atoms with Crippen molar-refractivity contribution in [2.45, 2.75) is 6.18 Å². The van der Waals surface area contributed by atoms with Gasteiger partial charge in [0.1, 0.15) is 5.82 Å². The maximum Gasteiger partial charge on any atom is 0.416 e. The lowest BCUT2D eigenvalue weighted by molar-refractivity contribution is -0.137. The van der Waals surface area contributed by atoms with Crippen molar-refractivity contribution in [2.24, 2.45) is 0 Å². The fourth-order valence-corrected chi connectivity index (χ4v) is 2.88. The van der Waals surface area contributed by atoms with Gasteiger partial charge in [-0.05, 0) is 42.5 Å². The zero-order chi connectivity index (χ0) is 19.9. The molecule has 2 aromatic carbocycles. The van der Waals surface area contributed by atoms with Crippen molar-refractivity contribution >= 4 is 11.4 Å². The molecule has 0 aliphatic carbocycles. The molecule has 0 aliphatic heterocycles. The van der Waals surface area contributed by atoms with E-state index in [4.69, 9.17) is 0 Å². The third-order valence-electron chi connectivity index (χ3n) is 4.24. The molecule has 0 amide bonds. The van der Waals surface area contributed by atoms with Gasteiger partial charge in [0.2, 0.25) is 0 Å². The number of aromatic nitrogens is 3. The minimum absolute atomic E-state index is 0.167. The van der Waals surface area contributed by atoms with Crippen LogP contribution in [0.4, 0.5) is 17.6 Å². The van der Waals surface area contributed by atoms with Crippen molar-refractivity contribution in [3.05, 3.63) is 89.5 Å². The van der Waals surface area contributed by atoms with E-state index in [1.807, 2.05) is 0 Å². The van der Waals surface area contributed by atoms with Crippen LogP contribution in [-0.4, -0.2) is 20.4 Å². The summed E-state index contributed by atoms with van der Waals surface area (Å²) in [6.45, 7) is 0. The lowest BCUT2D eigenvalue weighted by atomic mass is 10.1. The van der Waals surface area contributed by atoms with Crippen LogP contribution in [0.15, 0.2) is 67.0 Å².